The van der Waals surface area contributed by atoms with E-state index in [9.17, 15) is 0 Å². The average molecular weight is 276 g/mol. The van der Waals surface area contributed by atoms with E-state index in [1.807, 2.05) is 0 Å². The number of hydrogen-bond acceptors (Lipinski definition) is 1. The molecule has 1 N–H and O–H groups in total. The van der Waals surface area contributed by atoms with E-state index < -0.39 is 0 Å². The van der Waals surface area contributed by atoms with Crippen LogP contribution in [0.2, 0.25) is 0 Å². The number of benzene rings is 1. The summed E-state index contributed by atoms with van der Waals surface area (Å²) in [5, 5.41) is 0. The lowest BCUT2D eigenvalue weighted by atomic mass is 9.99. The van der Waals surface area contributed by atoms with Crippen LogP contribution in [0.5, 0.6) is 5.75 Å². The summed E-state index contributed by atoms with van der Waals surface area (Å²) in [5.74, 6) is 2.52. The fourth-order valence-corrected chi connectivity index (χ4v) is 2.93. The summed E-state index contributed by atoms with van der Waals surface area (Å²) in [5.41, 5.74) is 2.67. The topological polar surface area (TPSA) is 13.7 Å². The second-order valence-electron chi connectivity index (χ2n) is 6.77. The van der Waals surface area contributed by atoms with Gasteiger partial charge in [-0.05, 0) is 54.9 Å². The molecule has 0 spiro atoms. The van der Waals surface area contributed by atoms with Crippen molar-refractivity contribution in [1.82, 2.24) is 0 Å². The standard InChI is InChI=1S/C18H29NO/c1-14(2)17-11-16(4)12-18(13-17)20-10-9-19-7-5-15(3)6-8-19/h11-15H,5-10H2,1-4H3/p+1. The molecule has 0 aliphatic carbocycles. The molecule has 2 heteroatoms. The van der Waals surface area contributed by atoms with Crippen molar-refractivity contribution >= 4 is 0 Å². The number of piperidine rings is 1. The van der Waals surface area contributed by atoms with E-state index in [1.165, 1.54) is 37.1 Å². The van der Waals surface area contributed by atoms with Crippen LogP contribution in [-0.4, -0.2) is 26.2 Å². The molecule has 2 nitrogen and oxygen atoms in total. The van der Waals surface area contributed by atoms with Crippen molar-refractivity contribution in [2.75, 3.05) is 26.2 Å². The van der Waals surface area contributed by atoms with Gasteiger partial charge in [-0.25, -0.2) is 0 Å². The predicted octanol–water partition coefficient (Wildman–Crippen LogP) is 2.81. The average Bonchev–Trinajstić information content (AvgIpc) is 2.40. The monoisotopic (exact) mass is 276 g/mol. The van der Waals surface area contributed by atoms with Gasteiger partial charge in [0.1, 0.15) is 18.9 Å². The van der Waals surface area contributed by atoms with Gasteiger partial charge < -0.3 is 9.64 Å². The molecule has 1 heterocycles. The maximum atomic E-state index is 5.99. The van der Waals surface area contributed by atoms with Crippen LogP contribution in [0.3, 0.4) is 0 Å². The lowest BCUT2D eigenvalue weighted by Gasteiger charge is -2.27. The SMILES string of the molecule is Cc1cc(OCC[NH+]2CCC(C)CC2)cc(C(C)C)c1. The summed E-state index contributed by atoms with van der Waals surface area (Å²) < 4.78 is 5.99. The van der Waals surface area contributed by atoms with Gasteiger partial charge in [-0.3, -0.25) is 0 Å². The molecule has 0 radical (unpaired) electrons. The zero-order chi connectivity index (χ0) is 14.5. The molecule has 1 saturated heterocycles. The van der Waals surface area contributed by atoms with Crippen molar-refractivity contribution in [3.8, 4) is 5.75 Å². The Bertz CT molecular complexity index is 419. The van der Waals surface area contributed by atoms with Crippen molar-refractivity contribution < 1.29 is 9.64 Å². The second-order valence-corrected chi connectivity index (χ2v) is 6.77. The first-order chi connectivity index (χ1) is 9.54. The van der Waals surface area contributed by atoms with Crippen molar-refractivity contribution in [2.24, 2.45) is 5.92 Å². The summed E-state index contributed by atoms with van der Waals surface area (Å²) in [6.45, 7) is 13.6. The van der Waals surface area contributed by atoms with Gasteiger partial charge in [0, 0.05) is 0 Å². The van der Waals surface area contributed by atoms with E-state index in [4.69, 9.17) is 4.74 Å². The third kappa shape index (κ3) is 4.52. The summed E-state index contributed by atoms with van der Waals surface area (Å²) in [4.78, 5) is 1.71. The van der Waals surface area contributed by atoms with Gasteiger partial charge in [-0.1, -0.05) is 26.8 Å². The Morgan fingerprint density at radius 2 is 1.90 bits per heavy atom. The molecule has 20 heavy (non-hydrogen) atoms. The highest BCUT2D eigenvalue weighted by Gasteiger charge is 2.18. The number of rotatable bonds is 5. The Labute approximate surface area is 124 Å². The number of quaternary nitrogens is 1. The lowest BCUT2D eigenvalue weighted by Crippen LogP contribution is -3.13. The Kier molecular flexibility index (Phi) is 5.47. The summed E-state index contributed by atoms with van der Waals surface area (Å²) >= 11 is 0. The number of nitrogens with one attached hydrogen (secondary N) is 1. The van der Waals surface area contributed by atoms with Gasteiger partial charge in [0.25, 0.3) is 0 Å². The maximum Gasteiger partial charge on any atom is 0.137 e. The van der Waals surface area contributed by atoms with Crippen LogP contribution in [0.1, 0.15) is 50.7 Å². The Morgan fingerprint density at radius 3 is 2.55 bits per heavy atom. The Morgan fingerprint density at radius 1 is 1.20 bits per heavy atom. The molecule has 1 fully saturated rings. The first-order valence-electron chi connectivity index (χ1n) is 8.12. The minimum atomic E-state index is 0.562. The highest BCUT2D eigenvalue weighted by molar-refractivity contribution is 5.35. The summed E-state index contributed by atoms with van der Waals surface area (Å²) in [6, 6.07) is 6.61. The van der Waals surface area contributed by atoms with Gasteiger partial charge in [-0.2, -0.15) is 0 Å². The van der Waals surface area contributed by atoms with Crippen LogP contribution >= 0.6 is 0 Å². The number of hydrogen-bond donors (Lipinski definition) is 1. The third-order valence-corrected chi connectivity index (χ3v) is 4.45. The molecule has 0 atom stereocenters. The number of aryl methyl sites for hydroxylation is 1. The Balaban J connectivity index is 1.82. The van der Waals surface area contributed by atoms with Crippen LogP contribution in [0.15, 0.2) is 18.2 Å². The smallest absolute Gasteiger partial charge is 0.137 e. The Hall–Kier alpha value is -1.02. The molecule has 1 aliphatic rings. The van der Waals surface area contributed by atoms with E-state index in [0.717, 1.165) is 24.8 Å². The van der Waals surface area contributed by atoms with Gasteiger partial charge in [-0.15, -0.1) is 0 Å². The maximum absolute atomic E-state index is 5.99. The fourth-order valence-electron chi connectivity index (χ4n) is 2.93. The van der Waals surface area contributed by atoms with Gasteiger partial charge in [0.2, 0.25) is 0 Å². The highest BCUT2D eigenvalue weighted by Crippen LogP contribution is 2.22. The van der Waals surface area contributed by atoms with Crippen molar-refractivity contribution in [3.05, 3.63) is 29.3 Å². The lowest BCUT2D eigenvalue weighted by molar-refractivity contribution is -0.906. The van der Waals surface area contributed by atoms with Crippen LogP contribution < -0.4 is 9.64 Å². The van der Waals surface area contributed by atoms with E-state index in [0.29, 0.717) is 5.92 Å². The molecule has 0 unspecified atom stereocenters. The van der Waals surface area contributed by atoms with Crippen molar-refractivity contribution in [2.45, 2.75) is 46.5 Å². The highest BCUT2D eigenvalue weighted by atomic mass is 16.5. The van der Waals surface area contributed by atoms with Crippen LogP contribution in [0.25, 0.3) is 0 Å². The van der Waals surface area contributed by atoms with Crippen LogP contribution in [0.4, 0.5) is 0 Å². The quantitative estimate of drug-likeness (QED) is 0.873. The largest absolute Gasteiger partial charge is 0.488 e. The zero-order valence-electron chi connectivity index (χ0n) is 13.5. The molecule has 2 rings (SSSR count). The molecule has 1 aromatic rings. The molecule has 0 aromatic heterocycles. The van der Waals surface area contributed by atoms with Crippen LogP contribution in [-0.2, 0) is 0 Å². The first-order valence-corrected chi connectivity index (χ1v) is 8.12. The van der Waals surface area contributed by atoms with E-state index >= 15 is 0 Å². The van der Waals surface area contributed by atoms with Crippen molar-refractivity contribution in [3.63, 3.8) is 0 Å². The molecule has 1 aliphatic heterocycles. The van der Waals surface area contributed by atoms with E-state index in [2.05, 4.69) is 45.9 Å². The normalized spacial score (nSPS) is 23.1. The predicted molar refractivity (Wildman–Crippen MR) is 84.7 cm³/mol. The van der Waals surface area contributed by atoms with E-state index in [1.54, 1.807) is 4.90 Å². The first kappa shape index (κ1) is 15.4. The number of ether oxygens (including phenoxy) is 1. The zero-order valence-corrected chi connectivity index (χ0v) is 13.5. The molecular formula is C18H30NO+. The van der Waals surface area contributed by atoms with Crippen molar-refractivity contribution in [1.29, 1.82) is 0 Å². The molecule has 1 aromatic carbocycles. The van der Waals surface area contributed by atoms with Crippen LogP contribution in [0, 0.1) is 12.8 Å². The molecule has 0 bridgehead atoms. The molecular weight excluding hydrogens is 246 g/mol. The molecule has 0 saturated carbocycles. The van der Waals surface area contributed by atoms with Gasteiger partial charge in [0.15, 0.2) is 0 Å². The molecule has 0 amide bonds. The summed E-state index contributed by atoms with van der Waals surface area (Å²) in [7, 11) is 0. The van der Waals surface area contributed by atoms with E-state index in [-0.39, 0.29) is 0 Å². The fraction of sp³-hybridized carbons (Fsp3) is 0.667. The molecule has 112 valence electrons. The van der Waals surface area contributed by atoms with Gasteiger partial charge in [0.05, 0.1) is 13.1 Å². The number of likely N-dealkylation sites (tertiary alicyclic amines) is 1. The minimum absolute atomic E-state index is 0.562. The second kappa shape index (κ2) is 7.12. The minimum Gasteiger partial charge on any atom is -0.488 e. The summed E-state index contributed by atoms with van der Waals surface area (Å²) in [6.07, 6.45) is 2.74. The third-order valence-electron chi connectivity index (χ3n) is 4.45. The van der Waals surface area contributed by atoms with Gasteiger partial charge >= 0.3 is 0 Å².